The number of anilines is 2. The van der Waals surface area contributed by atoms with E-state index in [1.54, 1.807) is 37.2 Å². The van der Waals surface area contributed by atoms with Crippen LogP contribution in [0.1, 0.15) is 11.3 Å². The molecule has 0 aliphatic heterocycles. The minimum atomic E-state index is 0.281. The van der Waals surface area contributed by atoms with E-state index in [1.807, 2.05) is 47.4 Å². The maximum atomic E-state index is 6.15. The Morgan fingerprint density at radius 1 is 0.972 bits per heavy atom. The Morgan fingerprint density at radius 3 is 2.81 bits per heavy atom. The monoisotopic (exact) mass is 475 g/mol. The Morgan fingerprint density at radius 2 is 1.97 bits per heavy atom. The molecular weight excluding hydrogens is 454 g/mol. The van der Waals surface area contributed by atoms with Crippen molar-refractivity contribution in [1.29, 1.82) is 0 Å². The van der Waals surface area contributed by atoms with Gasteiger partial charge in [0.05, 0.1) is 30.1 Å². The van der Waals surface area contributed by atoms with E-state index in [1.165, 1.54) is 0 Å². The van der Waals surface area contributed by atoms with Crippen LogP contribution in [0.5, 0.6) is 5.75 Å². The summed E-state index contributed by atoms with van der Waals surface area (Å²) in [6.45, 7) is 0.966. The molecule has 6 rings (SSSR count). The molecule has 6 aromatic rings. The van der Waals surface area contributed by atoms with Gasteiger partial charge in [-0.25, -0.2) is 9.97 Å². The Labute approximate surface area is 206 Å². The lowest BCUT2D eigenvalue weighted by molar-refractivity contribution is 0.302. The molecular formula is C26H21N9O. The van der Waals surface area contributed by atoms with Crippen LogP contribution in [0, 0.1) is 0 Å². The van der Waals surface area contributed by atoms with Gasteiger partial charge < -0.3 is 10.1 Å². The van der Waals surface area contributed by atoms with Gasteiger partial charge in [-0.15, -0.1) is 0 Å². The lowest BCUT2D eigenvalue weighted by Crippen LogP contribution is -2.02. The molecule has 0 fully saturated rings. The molecule has 0 atom stereocenters. The second-order valence-electron chi connectivity index (χ2n) is 8.10. The Bertz CT molecular complexity index is 1580. The van der Waals surface area contributed by atoms with Crippen LogP contribution >= 0.6 is 0 Å². The number of rotatable bonds is 8. The molecule has 0 aliphatic carbocycles. The Hall–Kier alpha value is -5.12. The molecule has 176 valence electrons. The fourth-order valence-corrected chi connectivity index (χ4v) is 3.88. The number of benzene rings is 2. The minimum Gasteiger partial charge on any atom is -0.487 e. The van der Waals surface area contributed by atoms with Gasteiger partial charge in [0, 0.05) is 65.4 Å². The van der Waals surface area contributed by atoms with Gasteiger partial charge in [0.1, 0.15) is 12.4 Å². The standard InChI is InChI=1S/C26H21N9O/c1-3-18(16-35-8-2-5-32-35)9-21(4-1)33-26-29-12-19-10-23(20-13-30-31-14-20)25(11-24(19)34-26)36-17-22-15-27-6-7-28-22/h1-15H,16-17H2,(H,30,31)(H,29,33,34). The zero-order valence-electron chi connectivity index (χ0n) is 19.1. The van der Waals surface area contributed by atoms with E-state index in [0.29, 0.717) is 18.2 Å². The number of nitrogens with zero attached hydrogens (tertiary/aromatic N) is 7. The van der Waals surface area contributed by atoms with Crippen LogP contribution in [0.25, 0.3) is 22.0 Å². The summed E-state index contributed by atoms with van der Waals surface area (Å²) >= 11 is 0. The third kappa shape index (κ3) is 4.73. The molecule has 0 radical (unpaired) electrons. The van der Waals surface area contributed by atoms with E-state index >= 15 is 0 Å². The molecule has 4 heterocycles. The third-order valence-electron chi connectivity index (χ3n) is 5.57. The van der Waals surface area contributed by atoms with Gasteiger partial charge in [-0.1, -0.05) is 12.1 Å². The normalized spacial score (nSPS) is 11.0. The number of ether oxygens (including phenoxy) is 1. The Kier molecular flexibility index (Phi) is 5.73. The highest BCUT2D eigenvalue weighted by Crippen LogP contribution is 2.34. The molecule has 10 nitrogen and oxygen atoms in total. The number of hydrogen-bond acceptors (Lipinski definition) is 8. The van der Waals surface area contributed by atoms with Crippen LogP contribution in [0.4, 0.5) is 11.6 Å². The van der Waals surface area contributed by atoms with Crippen LogP contribution in [0.15, 0.2) is 92.0 Å². The van der Waals surface area contributed by atoms with Crippen molar-refractivity contribution >= 4 is 22.5 Å². The molecule has 10 heteroatoms. The molecule has 4 aromatic heterocycles. The lowest BCUT2D eigenvalue weighted by atomic mass is 10.1. The topological polar surface area (TPSA) is 119 Å². The zero-order chi connectivity index (χ0) is 24.2. The molecule has 36 heavy (non-hydrogen) atoms. The number of fused-ring (bicyclic) bond motifs is 1. The van der Waals surface area contributed by atoms with Gasteiger partial charge in [-0.2, -0.15) is 10.2 Å². The van der Waals surface area contributed by atoms with Crippen LogP contribution in [0.3, 0.4) is 0 Å². The number of hydrogen-bond donors (Lipinski definition) is 2. The first-order chi connectivity index (χ1) is 17.8. The van der Waals surface area contributed by atoms with E-state index in [4.69, 9.17) is 9.72 Å². The van der Waals surface area contributed by atoms with Crippen molar-refractivity contribution in [2.45, 2.75) is 13.2 Å². The summed E-state index contributed by atoms with van der Waals surface area (Å²) in [6.07, 6.45) is 14.0. The van der Waals surface area contributed by atoms with E-state index in [2.05, 4.69) is 47.7 Å². The SMILES string of the molecule is c1cc(Cn2cccn2)cc(Nc2ncc3cc(-c4cn[nH]c4)c(OCc4cnccn4)cc3n2)c1. The average molecular weight is 476 g/mol. The van der Waals surface area contributed by atoms with Crippen LogP contribution in [-0.2, 0) is 13.2 Å². The van der Waals surface area contributed by atoms with Crippen molar-refractivity contribution in [3.63, 3.8) is 0 Å². The first-order valence-electron chi connectivity index (χ1n) is 11.3. The predicted molar refractivity (Wildman–Crippen MR) is 135 cm³/mol. The number of H-pyrrole nitrogens is 1. The zero-order valence-corrected chi connectivity index (χ0v) is 19.1. The molecule has 2 aromatic carbocycles. The number of nitrogens with one attached hydrogen (secondary N) is 2. The van der Waals surface area contributed by atoms with Crippen molar-refractivity contribution in [1.82, 2.24) is 39.9 Å². The largest absolute Gasteiger partial charge is 0.487 e. The minimum absolute atomic E-state index is 0.281. The summed E-state index contributed by atoms with van der Waals surface area (Å²) in [5, 5.41) is 15.4. The molecule has 0 unspecified atom stereocenters. The van der Waals surface area contributed by atoms with Crippen LogP contribution in [-0.4, -0.2) is 39.9 Å². The molecule has 0 bridgehead atoms. The smallest absolute Gasteiger partial charge is 0.227 e. The first-order valence-corrected chi connectivity index (χ1v) is 11.3. The van der Waals surface area contributed by atoms with Crippen molar-refractivity contribution in [2.75, 3.05) is 5.32 Å². The summed E-state index contributed by atoms with van der Waals surface area (Å²) in [4.78, 5) is 17.7. The highest BCUT2D eigenvalue weighted by molar-refractivity contribution is 5.88. The maximum absolute atomic E-state index is 6.15. The van der Waals surface area contributed by atoms with Crippen molar-refractivity contribution in [2.24, 2.45) is 0 Å². The second kappa shape index (κ2) is 9.63. The molecule has 0 saturated heterocycles. The van der Waals surface area contributed by atoms with Gasteiger partial charge in [-0.05, 0) is 29.8 Å². The highest BCUT2D eigenvalue weighted by atomic mass is 16.5. The fraction of sp³-hybridized carbons (Fsp3) is 0.0769. The van der Waals surface area contributed by atoms with Crippen LogP contribution in [0.2, 0.25) is 0 Å². The van der Waals surface area contributed by atoms with Gasteiger partial charge in [0.25, 0.3) is 0 Å². The molecule has 0 aliphatic rings. The Balaban J connectivity index is 1.29. The summed E-state index contributed by atoms with van der Waals surface area (Å²) in [5.41, 5.74) is 5.29. The summed E-state index contributed by atoms with van der Waals surface area (Å²) in [6, 6.07) is 13.9. The van der Waals surface area contributed by atoms with E-state index in [0.717, 1.165) is 39.0 Å². The van der Waals surface area contributed by atoms with Crippen molar-refractivity contribution in [3.05, 3.63) is 103 Å². The van der Waals surface area contributed by atoms with Gasteiger partial charge in [-0.3, -0.25) is 19.7 Å². The third-order valence-corrected chi connectivity index (χ3v) is 5.57. The summed E-state index contributed by atoms with van der Waals surface area (Å²) in [7, 11) is 0. The fourth-order valence-electron chi connectivity index (χ4n) is 3.88. The van der Waals surface area contributed by atoms with Gasteiger partial charge >= 0.3 is 0 Å². The number of aromatic amines is 1. The van der Waals surface area contributed by atoms with Gasteiger partial charge in [0.15, 0.2) is 0 Å². The van der Waals surface area contributed by atoms with Gasteiger partial charge in [0.2, 0.25) is 5.95 Å². The van der Waals surface area contributed by atoms with Crippen molar-refractivity contribution in [3.8, 4) is 16.9 Å². The van der Waals surface area contributed by atoms with Crippen molar-refractivity contribution < 1.29 is 4.74 Å². The van der Waals surface area contributed by atoms with E-state index < -0.39 is 0 Å². The van der Waals surface area contributed by atoms with Crippen LogP contribution < -0.4 is 10.1 Å². The lowest BCUT2D eigenvalue weighted by Gasteiger charge is -2.13. The summed E-state index contributed by atoms with van der Waals surface area (Å²) < 4.78 is 8.03. The first kappa shape index (κ1) is 21.4. The molecule has 2 N–H and O–H groups in total. The van der Waals surface area contributed by atoms with E-state index in [9.17, 15) is 0 Å². The molecule has 0 saturated carbocycles. The maximum Gasteiger partial charge on any atom is 0.227 e. The molecule has 0 amide bonds. The quantitative estimate of drug-likeness (QED) is 0.333. The average Bonchev–Trinajstić information content (AvgIpc) is 3.63. The summed E-state index contributed by atoms with van der Waals surface area (Å²) in [5.74, 6) is 1.16. The highest BCUT2D eigenvalue weighted by Gasteiger charge is 2.13. The van der Waals surface area contributed by atoms with E-state index in [-0.39, 0.29) is 6.61 Å². The molecule has 0 spiro atoms. The second-order valence-corrected chi connectivity index (χ2v) is 8.10. The number of aromatic nitrogens is 8. The predicted octanol–water partition coefficient (Wildman–Crippen LogP) is 4.38.